The van der Waals surface area contributed by atoms with E-state index in [1.54, 1.807) is 11.3 Å². The molecule has 0 aliphatic heterocycles. The Morgan fingerprint density at radius 3 is 2.37 bits per heavy atom. The molecule has 1 atom stereocenters. The number of thiophene rings is 1. The maximum atomic E-state index is 5.72. The fourth-order valence-electron chi connectivity index (χ4n) is 2.53. The van der Waals surface area contributed by atoms with Gasteiger partial charge in [-0.15, -0.1) is 11.3 Å². The molecule has 4 heteroatoms. The number of hydrogen-bond acceptors (Lipinski definition) is 3. The summed E-state index contributed by atoms with van der Waals surface area (Å²) in [4.78, 5) is 1.23. The van der Waals surface area contributed by atoms with E-state index in [9.17, 15) is 0 Å². The van der Waals surface area contributed by atoms with Crippen LogP contribution in [0.2, 0.25) is 0 Å². The number of rotatable bonds is 4. The molecule has 1 aliphatic carbocycles. The molecular weight excluding hydrogens is 320 g/mol. The Hall–Kier alpha value is -0.680. The molecule has 19 heavy (non-hydrogen) atoms. The summed E-state index contributed by atoms with van der Waals surface area (Å²) >= 11 is 5.22. The van der Waals surface area contributed by atoms with E-state index in [0.29, 0.717) is 0 Å². The summed E-state index contributed by atoms with van der Waals surface area (Å²) in [6.07, 6.45) is 4.06. The highest BCUT2D eigenvalue weighted by molar-refractivity contribution is 9.11. The van der Waals surface area contributed by atoms with Crippen molar-refractivity contribution in [3.8, 4) is 0 Å². The normalized spacial score (nSPS) is 17.2. The first kappa shape index (κ1) is 13.3. The first-order valence-electron chi connectivity index (χ1n) is 6.59. The van der Waals surface area contributed by atoms with Gasteiger partial charge in [0.25, 0.3) is 0 Å². The van der Waals surface area contributed by atoms with Gasteiger partial charge in [-0.2, -0.15) is 0 Å². The van der Waals surface area contributed by atoms with Gasteiger partial charge in [0.15, 0.2) is 0 Å². The van der Waals surface area contributed by atoms with E-state index in [1.165, 1.54) is 35.3 Å². The molecule has 100 valence electrons. The Balaban J connectivity index is 1.83. The zero-order chi connectivity index (χ0) is 13.2. The molecular formula is C15H17BrN2S. The molecule has 1 saturated carbocycles. The molecule has 0 spiro atoms. The van der Waals surface area contributed by atoms with Crippen molar-refractivity contribution in [1.29, 1.82) is 0 Å². The summed E-state index contributed by atoms with van der Waals surface area (Å²) in [5, 5.41) is 0. The summed E-state index contributed by atoms with van der Waals surface area (Å²) in [6, 6.07) is 13.2. The number of halogens is 1. The van der Waals surface area contributed by atoms with Crippen LogP contribution in [0, 0.1) is 0 Å². The molecule has 0 saturated heterocycles. The number of hydrazine groups is 1. The summed E-state index contributed by atoms with van der Waals surface area (Å²) < 4.78 is 1.13. The highest BCUT2D eigenvalue weighted by Gasteiger charge is 2.20. The third-order valence-corrected chi connectivity index (χ3v) is 5.58. The summed E-state index contributed by atoms with van der Waals surface area (Å²) in [5.41, 5.74) is 5.61. The van der Waals surface area contributed by atoms with E-state index in [1.807, 2.05) is 0 Å². The van der Waals surface area contributed by atoms with E-state index < -0.39 is 0 Å². The standard InChI is InChI=1S/C15H17BrN2S/c16-14-9-8-13(19-14)15(18-17)12-6-4-11(5-7-12)10-2-1-3-10/h4-10,15,18H,1-3,17H2. The van der Waals surface area contributed by atoms with Crippen LogP contribution >= 0.6 is 27.3 Å². The van der Waals surface area contributed by atoms with E-state index in [4.69, 9.17) is 5.84 Å². The molecule has 0 bridgehead atoms. The predicted octanol–water partition coefficient (Wildman–Crippen LogP) is 4.33. The molecule has 3 rings (SSSR count). The van der Waals surface area contributed by atoms with Crippen LogP contribution in [-0.2, 0) is 0 Å². The lowest BCUT2D eigenvalue weighted by Gasteiger charge is -2.26. The molecule has 0 radical (unpaired) electrons. The first-order chi connectivity index (χ1) is 9.28. The first-order valence-corrected chi connectivity index (χ1v) is 8.20. The predicted molar refractivity (Wildman–Crippen MR) is 84.2 cm³/mol. The second-order valence-electron chi connectivity index (χ2n) is 5.04. The van der Waals surface area contributed by atoms with Crippen molar-refractivity contribution in [1.82, 2.24) is 5.43 Å². The Kier molecular flexibility index (Phi) is 4.03. The number of benzene rings is 1. The summed E-state index contributed by atoms with van der Waals surface area (Å²) in [5.74, 6) is 6.51. The van der Waals surface area contributed by atoms with Gasteiger partial charge in [-0.3, -0.25) is 5.84 Å². The van der Waals surface area contributed by atoms with Crippen LogP contribution in [-0.4, -0.2) is 0 Å². The third-order valence-electron chi connectivity index (χ3n) is 3.89. The van der Waals surface area contributed by atoms with Crippen molar-refractivity contribution in [2.75, 3.05) is 0 Å². The van der Waals surface area contributed by atoms with Crippen LogP contribution in [0.25, 0.3) is 0 Å². The molecule has 0 amide bonds. The average molecular weight is 337 g/mol. The van der Waals surface area contributed by atoms with Crippen LogP contribution in [0.1, 0.15) is 47.2 Å². The van der Waals surface area contributed by atoms with Gasteiger partial charge in [-0.1, -0.05) is 30.7 Å². The van der Waals surface area contributed by atoms with Gasteiger partial charge in [-0.05, 0) is 57.9 Å². The van der Waals surface area contributed by atoms with Crippen LogP contribution in [0.4, 0.5) is 0 Å². The minimum Gasteiger partial charge on any atom is -0.271 e. The smallest absolute Gasteiger partial charge is 0.0802 e. The fraction of sp³-hybridized carbons (Fsp3) is 0.333. The molecule has 1 aromatic heterocycles. The number of nitrogens with one attached hydrogen (secondary N) is 1. The lowest BCUT2D eigenvalue weighted by atomic mass is 9.80. The molecule has 1 aliphatic rings. The summed E-state index contributed by atoms with van der Waals surface area (Å²) in [7, 11) is 0. The van der Waals surface area contributed by atoms with Crippen molar-refractivity contribution >= 4 is 27.3 Å². The molecule has 1 fully saturated rings. The van der Waals surface area contributed by atoms with Gasteiger partial charge in [0.2, 0.25) is 0 Å². The van der Waals surface area contributed by atoms with E-state index >= 15 is 0 Å². The largest absolute Gasteiger partial charge is 0.271 e. The molecule has 2 nitrogen and oxygen atoms in total. The highest BCUT2D eigenvalue weighted by atomic mass is 79.9. The lowest BCUT2D eigenvalue weighted by Crippen LogP contribution is -2.28. The fourth-order valence-corrected chi connectivity index (χ4v) is 4.04. The van der Waals surface area contributed by atoms with Crippen molar-refractivity contribution in [3.05, 3.63) is 56.2 Å². The van der Waals surface area contributed by atoms with Gasteiger partial charge >= 0.3 is 0 Å². The Morgan fingerprint density at radius 1 is 1.16 bits per heavy atom. The molecule has 2 aromatic rings. The average Bonchev–Trinajstić information content (AvgIpc) is 2.77. The van der Waals surface area contributed by atoms with Gasteiger partial charge in [-0.25, -0.2) is 5.43 Å². The quantitative estimate of drug-likeness (QED) is 0.644. The van der Waals surface area contributed by atoms with Crippen molar-refractivity contribution < 1.29 is 0 Å². The monoisotopic (exact) mass is 336 g/mol. The maximum Gasteiger partial charge on any atom is 0.0802 e. The highest BCUT2D eigenvalue weighted by Crippen LogP contribution is 2.37. The molecule has 3 N–H and O–H groups in total. The minimum absolute atomic E-state index is 0.0757. The van der Waals surface area contributed by atoms with Gasteiger partial charge in [0.05, 0.1) is 9.83 Å². The second kappa shape index (κ2) is 5.75. The van der Waals surface area contributed by atoms with Crippen molar-refractivity contribution in [3.63, 3.8) is 0 Å². The second-order valence-corrected chi connectivity index (χ2v) is 7.53. The summed E-state index contributed by atoms with van der Waals surface area (Å²) in [6.45, 7) is 0. The van der Waals surface area contributed by atoms with Gasteiger partial charge < -0.3 is 0 Å². The van der Waals surface area contributed by atoms with Crippen molar-refractivity contribution in [2.45, 2.75) is 31.2 Å². The van der Waals surface area contributed by atoms with Crippen molar-refractivity contribution in [2.24, 2.45) is 5.84 Å². The lowest BCUT2D eigenvalue weighted by molar-refractivity contribution is 0.419. The van der Waals surface area contributed by atoms with E-state index in [0.717, 1.165) is 9.70 Å². The Morgan fingerprint density at radius 2 is 1.89 bits per heavy atom. The number of nitrogens with two attached hydrogens (primary N) is 1. The third kappa shape index (κ3) is 2.77. The molecule has 1 heterocycles. The Labute approximate surface area is 126 Å². The van der Waals surface area contributed by atoms with Crippen LogP contribution in [0.15, 0.2) is 40.2 Å². The Bertz CT molecular complexity index is 546. The van der Waals surface area contributed by atoms with Gasteiger partial charge in [0.1, 0.15) is 0 Å². The zero-order valence-electron chi connectivity index (χ0n) is 10.6. The van der Waals surface area contributed by atoms with Crippen LogP contribution in [0.3, 0.4) is 0 Å². The van der Waals surface area contributed by atoms with Crippen LogP contribution < -0.4 is 11.3 Å². The van der Waals surface area contributed by atoms with Gasteiger partial charge in [0, 0.05) is 4.88 Å². The van der Waals surface area contributed by atoms with E-state index in [2.05, 4.69) is 57.8 Å². The maximum absolute atomic E-state index is 5.72. The zero-order valence-corrected chi connectivity index (χ0v) is 13.0. The van der Waals surface area contributed by atoms with Crippen LogP contribution in [0.5, 0.6) is 0 Å². The van der Waals surface area contributed by atoms with E-state index in [-0.39, 0.29) is 6.04 Å². The minimum atomic E-state index is 0.0757. The number of hydrogen-bond donors (Lipinski definition) is 2. The molecule has 1 aromatic carbocycles. The topological polar surface area (TPSA) is 38.0 Å². The molecule has 1 unspecified atom stereocenters. The SMILES string of the molecule is NNC(c1ccc(C2CCC2)cc1)c1ccc(Br)s1.